The number of nitrogens with zero attached hydrogens (tertiary/aromatic N) is 2. The molecule has 0 aromatic heterocycles. The molecule has 3 aromatic rings. The number of hydrazone groups is 1. The highest BCUT2D eigenvalue weighted by molar-refractivity contribution is 7.89. The standard InChI is InChI=1S/C30H33N5O7S.ClH/c1-20-6-5-9-25(14-20)43(40,41)34-26(29(37)38)18-32-28(36)16-24-15-27(23-12-10-21(11-13-23)17-33-31)35(30(39)42-24)19-22-7-3-2-4-8-22;/h2-14,17,24,26-27,34H,15-16,18-19,31H2,1H3,(H,32,36)(H,37,38);1H/t24-,26-,27+;/m0./s1. The molecule has 1 heterocycles. The number of sulfonamides is 1. The van der Waals surface area contributed by atoms with Crippen molar-refractivity contribution in [2.75, 3.05) is 6.54 Å². The number of aliphatic carboxylic acids is 1. The number of amides is 2. The average Bonchev–Trinajstić information content (AvgIpc) is 2.97. The molecule has 1 aliphatic heterocycles. The lowest BCUT2D eigenvalue weighted by Gasteiger charge is -2.39. The zero-order valence-corrected chi connectivity index (χ0v) is 25.5. The summed E-state index contributed by atoms with van der Waals surface area (Å²) in [4.78, 5) is 39.3. The van der Waals surface area contributed by atoms with E-state index in [-0.39, 0.29) is 30.3 Å². The zero-order chi connectivity index (χ0) is 31.0. The van der Waals surface area contributed by atoms with Crippen LogP contribution in [0.3, 0.4) is 0 Å². The van der Waals surface area contributed by atoms with E-state index in [9.17, 15) is 27.9 Å². The Kier molecular flexibility index (Phi) is 11.9. The van der Waals surface area contributed by atoms with Crippen molar-refractivity contribution >= 4 is 46.6 Å². The van der Waals surface area contributed by atoms with Crippen molar-refractivity contribution in [1.29, 1.82) is 0 Å². The van der Waals surface area contributed by atoms with Crippen LogP contribution in [0.4, 0.5) is 4.79 Å². The van der Waals surface area contributed by atoms with E-state index in [2.05, 4.69) is 15.1 Å². The van der Waals surface area contributed by atoms with E-state index in [0.717, 1.165) is 16.7 Å². The summed E-state index contributed by atoms with van der Waals surface area (Å²) < 4.78 is 33.2. The number of carboxylic acid groups (broad SMARTS) is 1. The minimum Gasteiger partial charge on any atom is -0.480 e. The van der Waals surface area contributed by atoms with Crippen molar-refractivity contribution in [3.63, 3.8) is 0 Å². The van der Waals surface area contributed by atoms with Gasteiger partial charge in [0.15, 0.2) is 0 Å². The van der Waals surface area contributed by atoms with Crippen LogP contribution in [0.15, 0.2) is 88.9 Å². The highest BCUT2D eigenvalue weighted by Crippen LogP contribution is 2.34. The molecule has 4 rings (SSSR count). The molecule has 0 saturated carbocycles. The number of carbonyl (C=O) groups excluding carboxylic acids is 2. The van der Waals surface area contributed by atoms with E-state index in [4.69, 9.17) is 10.6 Å². The van der Waals surface area contributed by atoms with E-state index in [1.165, 1.54) is 18.3 Å². The molecule has 3 aromatic carbocycles. The molecule has 44 heavy (non-hydrogen) atoms. The maximum absolute atomic E-state index is 13.2. The summed E-state index contributed by atoms with van der Waals surface area (Å²) in [5.41, 5.74) is 3.19. The molecule has 3 atom stereocenters. The fraction of sp³-hybridized carbons (Fsp3) is 0.267. The number of aryl methyl sites for hydroxylation is 1. The molecule has 1 saturated heterocycles. The van der Waals surface area contributed by atoms with Gasteiger partial charge >= 0.3 is 12.1 Å². The Bertz CT molecular complexity index is 1590. The molecular weight excluding hydrogens is 610 g/mol. The SMILES string of the molecule is Cc1cccc(S(=O)(=O)N[C@@H](CNC(=O)C[C@@H]2C[C@H](c3ccc(C=NN)cc3)N(Cc3ccccc3)C(=O)O2)C(=O)O)c1.Cl. The van der Waals surface area contributed by atoms with Crippen molar-refractivity contribution in [3.05, 3.63) is 101 Å². The lowest BCUT2D eigenvalue weighted by atomic mass is 9.95. The summed E-state index contributed by atoms with van der Waals surface area (Å²) in [6, 6.07) is 20.7. The van der Waals surface area contributed by atoms with Gasteiger partial charge in [0, 0.05) is 19.5 Å². The number of hydrogen-bond acceptors (Lipinski definition) is 8. The molecule has 12 nitrogen and oxygen atoms in total. The van der Waals surface area contributed by atoms with E-state index in [1.807, 2.05) is 54.6 Å². The first-order chi connectivity index (χ1) is 20.6. The number of rotatable bonds is 12. The van der Waals surface area contributed by atoms with Gasteiger partial charge in [-0.15, -0.1) is 12.4 Å². The van der Waals surface area contributed by atoms with Crippen LogP contribution in [0.2, 0.25) is 0 Å². The second-order valence-electron chi connectivity index (χ2n) is 10.2. The monoisotopic (exact) mass is 643 g/mol. The van der Waals surface area contributed by atoms with Crippen LogP contribution in [0.1, 0.15) is 41.1 Å². The summed E-state index contributed by atoms with van der Waals surface area (Å²) in [5.74, 6) is 3.20. The molecule has 234 valence electrons. The Labute approximate surface area is 261 Å². The fourth-order valence-electron chi connectivity index (χ4n) is 4.76. The van der Waals surface area contributed by atoms with Crippen LogP contribution in [-0.2, 0) is 30.9 Å². The minimum atomic E-state index is -4.16. The summed E-state index contributed by atoms with van der Waals surface area (Å²) in [6.07, 6.45) is 0.149. The summed E-state index contributed by atoms with van der Waals surface area (Å²) >= 11 is 0. The first kappa shape index (κ1) is 34.0. The number of hydrogen-bond donors (Lipinski definition) is 4. The lowest BCUT2D eigenvalue weighted by Crippen LogP contribution is -2.49. The minimum absolute atomic E-state index is 0. The number of halogens is 1. The van der Waals surface area contributed by atoms with Gasteiger partial charge in [0.1, 0.15) is 12.1 Å². The first-order valence-electron chi connectivity index (χ1n) is 13.5. The Morgan fingerprint density at radius 2 is 1.82 bits per heavy atom. The topological polar surface area (TPSA) is 180 Å². The molecule has 0 unspecified atom stereocenters. The molecule has 14 heteroatoms. The molecular formula is C30H34ClN5O7S. The van der Waals surface area contributed by atoms with Gasteiger partial charge in [0.25, 0.3) is 0 Å². The van der Waals surface area contributed by atoms with Gasteiger partial charge in [-0.3, -0.25) is 14.5 Å². The highest BCUT2D eigenvalue weighted by Gasteiger charge is 2.37. The van der Waals surface area contributed by atoms with Crippen LogP contribution >= 0.6 is 12.4 Å². The zero-order valence-electron chi connectivity index (χ0n) is 23.8. The molecule has 1 aliphatic rings. The highest BCUT2D eigenvalue weighted by atomic mass is 35.5. The van der Waals surface area contributed by atoms with Crippen LogP contribution < -0.4 is 15.9 Å². The third kappa shape index (κ3) is 9.02. The second kappa shape index (κ2) is 15.3. The smallest absolute Gasteiger partial charge is 0.410 e. The quantitative estimate of drug-likeness (QED) is 0.132. The Balaban J connectivity index is 0.00000529. The molecule has 0 aliphatic carbocycles. The van der Waals surface area contributed by atoms with Crippen LogP contribution in [0.25, 0.3) is 0 Å². The van der Waals surface area contributed by atoms with Crippen molar-refractivity contribution in [2.45, 2.75) is 49.4 Å². The third-order valence-electron chi connectivity index (χ3n) is 6.92. The first-order valence-corrected chi connectivity index (χ1v) is 15.0. The predicted octanol–water partition coefficient (Wildman–Crippen LogP) is 3.10. The number of ether oxygens (including phenoxy) is 1. The van der Waals surface area contributed by atoms with E-state index in [1.54, 1.807) is 24.0 Å². The molecule has 0 radical (unpaired) electrons. The summed E-state index contributed by atoms with van der Waals surface area (Å²) in [6.45, 7) is 1.49. The summed E-state index contributed by atoms with van der Waals surface area (Å²) in [7, 11) is -4.16. The predicted molar refractivity (Wildman–Crippen MR) is 166 cm³/mol. The van der Waals surface area contributed by atoms with E-state index < -0.39 is 52.7 Å². The summed E-state index contributed by atoms with van der Waals surface area (Å²) in [5, 5.41) is 15.6. The molecule has 1 fully saturated rings. The number of nitrogens with one attached hydrogen (secondary N) is 2. The second-order valence-corrected chi connectivity index (χ2v) is 11.9. The van der Waals surface area contributed by atoms with Crippen LogP contribution in [0, 0.1) is 6.92 Å². The van der Waals surface area contributed by atoms with Gasteiger partial charge in [-0.1, -0.05) is 66.7 Å². The van der Waals surface area contributed by atoms with E-state index in [0.29, 0.717) is 12.0 Å². The maximum atomic E-state index is 13.2. The van der Waals surface area contributed by atoms with Gasteiger partial charge in [-0.25, -0.2) is 13.2 Å². The maximum Gasteiger partial charge on any atom is 0.410 e. The molecule has 5 N–H and O–H groups in total. The Hall–Kier alpha value is -4.46. The number of benzene rings is 3. The van der Waals surface area contributed by atoms with Gasteiger partial charge in [0.2, 0.25) is 15.9 Å². The normalized spacial score (nSPS) is 17.4. The fourth-order valence-corrected chi connectivity index (χ4v) is 6.05. The van der Waals surface area contributed by atoms with Gasteiger partial charge in [0.05, 0.1) is 23.6 Å². The number of carbonyl (C=O) groups is 3. The Morgan fingerprint density at radius 3 is 2.45 bits per heavy atom. The lowest BCUT2D eigenvalue weighted by molar-refractivity contribution is -0.138. The number of nitrogens with two attached hydrogens (primary N) is 1. The van der Waals surface area contributed by atoms with Crippen molar-refractivity contribution < 1.29 is 32.6 Å². The Morgan fingerprint density at radius 1 is 1.11 bits per heavy atom. The van der Waals surface area contributed by atoms with Crippen LogP contribution in [0.5, 0.6) is 0 Å². The van der Waals surface area contributed by atoms with Crippen molar-refractivity contribution in [3.8, 4) is 0 Å². The van der Waals surface area contributed by atoms with Gasteiger partial charge < -0.3 is 21.0 Å². The number of carboxylic acids is 1. The van der Waals surface area contributed by atoms with E-state index >= 15 is 0 Å². The average molecular weight is 644 g/mol. The molecule has 0 spiro atoms. The third-order valence-corrected chi connectivity index (χ3v) is 8.39. The van der Waals surface area contributed by atoms with Crippen molar-refractivity contribution in [2.24, 2.45) is 10.9 Å². The number of cyclic esters (lactones) is 1. The largest absolute Gasteiger partial charge is 0.480 e. The van der Waals surface area contributed by atoms with Crippen molar-refractivity contribution in [1.82, 2.24) is 14.9 Å². The molecule has 0 bridgehead atoms. The van der Waals surface area contributed by atoms with Gasteiger partial charge in [-0.2, -0.15) is 9.82 Å². The van der Waals surface area contributed by atoms with Crippen LogP contribution in [-0.4, -0.2) is 61.3 Å². The molecule has 2 amide bonds. The van der Waals surface area contributed by atoms with Gasteiger partial charge in [-0.05, 0) is 41.3 Å².